The van der Waals surface area contributed by atoms with Crippen molar-refractivity contribution in [3.8, 4) is 0 Å². The van der Waals surface area contributed by atoms with E-state index in [9.17, 15) is 4.79 Å². The van der Waals surface area contributed by atoms with Crippen molar-refractivity contribution in [2.24, 2.45) is 5.92 Å². The van der Waals surface area contributed by atoms with E-state index < -0.39 is 0 Å². The third-order valence-corrected chi connectivity index (χ3v) is 5.52. The molecule has 0 aromatic heterocycles. The second kappa shape index (κ2) is 5.45. The Balaban J connectivity index is 1.38. The Labute approximate surface area is 126 Å². The average Bonchev–Trinajstić information content (AvgIpc) is 2.85. The molecule has 2 saturated heterocycles. The Bertz CT molecular complexity index is 530. The van der Waals surface area contributed by atoms with Crippen molar-refractivity contribution in [2.45, 2.75) is 57.2 Å². The maximum atomic E-state index is 12.6. The molecule has 2 bridgehead atoms. The summed E-state index contributed by atoms with van der Waals surface area (Å²) in [5.74, 6) is 0.976. The Kier molecular flexibility index (Phi) is 3.46. The molecule has 3 nitrogen and oxygen atoms in total. The first-order valence-corrected chi connectivity index (χ1v) is 8.38. The minimum Gasteiger partial charge on any atom is -0.338 e. The summed E-state index contributed by atoms with van der Waals surface area (Å²) in [6, 6.07) is 9.91. The zero-order chi connectivity index (χ0) is 14.2. The topological polar surface area (TPSA) is 32.3 Å². The van der Waals surface area contributed by atoms with E-state index in [-0.39, 0.29) is 0 Å². The highest BCUT2D eigenvalue weighted by molar-refractivity contribution is 5.76. The number of piperidine rings is 1. The highest BCUT2D eigenvalue weighted by Crippen LogP contribution is 2.33. The molecule has 2 atom stereocenters. The summed E-state index contributed by atoms with van der Waals surface area (Å²) in [4.78, 5) is 14.7. The quantitative estimate of drug-likeness (QED) is 0.905. The number of hydrogen-bond donors (Lipinski definition) is 1. The fraction of sp³-hybridized carbons (Fsp3) is 0.611. The Hall–Kier alpha value is -1.35. The van der Waals surface area contributed by atoms with E-state index in [0.717, 1.165) is 25.9 Å². The SMILES string of the molecule is O=C(CC1CC2CCC(C1)N2)N1CCc2ccccc2C1. The fourth-order valence-electron chi connectivity index (χ4n) is 4.43. The lowest BCUT2D eigenvalue weighted by molar-refractivity contribution is -0.133. The maximum absolute atomic E-state index is 12.6. The van der Waals surface area contributed by atoms with E-state index in [4.69, 9.17) is 0 Å². The number of hydrogen-bond acceptors (Lipinski definition) is 2. The van der Waals surface area contributed by atoms with Gasteiger partial charge in [-0.1, -0.05) is 24.3 Å². The van der Waals surface area contributed by atoms with Crippen LogP contribution in [0.15, 0.2) is 24.3 Å². The summed E-state index contributed by atoms with van der Waals surface area (Å²) < 4.78 is 0. The van der Waals surface area contributed by atoms with Gasteiger partial charge in [0.2, 0.25) is 5.91 Å². The molecule has 3 aliphatic heterocycles. The van der Waals surface area contributed by atoms with Crippen LogP contribution in [0.4, 0.5) is 0 Å². The summed E-state index contributed by atoms with van der Waals surface area (Å²) >= 11 is 0. The van der Waals surface area contributed by atoms with Gasteiger partial charge in [-0.15, -0.1) is 0 Å². The van der Waals surface area contributed by atoms with Gasteiger partial charge in [0, 0.05) is 31.6 Å². The van der Waals surface area contributed by atoms with E-state index in [1.807, 2.05) is 0 Å². The highest BCUT2D eigenvalue weighted by Gasteiger charge is 2.35. The van der Waals surface area contributed by atoms with Crippen LogP contribution in [0.3, 0.4) is 0 Å². The van der Waals surface area contributed by atoms with Crippen LogP contribution in [0.25, 0.3) is 0 Å². The molecular formula is C18H24N2O. The lowest BCUT2D eigenvalue weighted by atomic mass is 9.89. The van der Waals surface area contributed by atoms with Crippen LogP contribution in [-0.4, -0.2) is 29.4 Å². The molecule has 1 N–H and O–H groups in total. The Morgan fingerprint density at radius 3 is 2.62 bits per heavy atom. The molecule has 2 fully saturated rings. The summed E-state index contributed by atoms with van der Waals surface area (Å²) in [6.45, 7) is 1.71. The number of amides is 1. The molecule has 3 aliphatic rings. The Morgan fingerprint density at radius 2 is 1.86 bits per heavy atom. The number of carbonyl (C=O) groups is 1. The van der Waals surface area contributed by atoms with Gasteiger partial charge in [-0.3, -0.25) is 4.79 Å². The fourth-order valence-corrected chi connectivity index (χ4v) is 4.43. The number of nitrogens with zero attached hydrogens (tertiary/aromatic N) is 1. The number of carbonyl (C=O) groups excluding carboxylic acids is 1. The minimum atomic E-state index is 0.371. The molecule has 1 aromatic rings. The predicted molar refractivity (Wildman–Crippen MR) is 82.8 cm³/mol. The van der Waals surface area contributed by atoms with Gasteiger partial charge >= 0.3 is 0 Å². The zero-order valence-corrected chi connectivity index (χ0v) is 12.6. The number of rotatable bonds is 2. The third-order valence-electron chi connectivity index (χ3n) is 5.52. The molecule has 0 spiro atoms. The van der Waals surface area contributed by atoms with Gasteiger partial charge in [0.05, 0.1) is 0 Å². The van der Waals surface area contributed by atoms with E-state index in [0.29, 0.717) is 23.9 Å². The maximum Gasteiger partial charge on any atom is 0.223 e. The molecule has 0 saturated carbocycles. The van der Waals surface area contributed by atoms with Crippen LogP contribution in [0.1, 0.15) is 43.2 Å². The summed E-state index contributed by atoms with van der Waals surface area (Å²) in [7, 11) is 0. The standard InChI is InChI=1S/C18H24N2O/c21-18(11-13-9-16-5-6-17(10-13)19-16)20-8-7-14-3-1-2-4-15(14)12-20/h1-4,13,16-17,19H,5-12H2. The first-order valence-electron chi connectivity index (χ1n) is 8.38. The molecule has 3 heteroatoms. The van der Waals surface area contributed by atoms with Crippen molar-refractivity contribution in [3.05, 3.63) is 35.4 Å². The summed E-state index contributed by atoms with van der Waals surface area (Å²) in [6.07, 6.45) is 6.80. The molecule has 3 heterocycles. The van der Waals surface area contributed by atoms with Gasteiger partial charge in [-0.05, 0) is 49.1 Å². The van der Waals surface area contributed by atoms with E-state index >= 15 is 0 Å². The summed E-state index contributed by atoms with van der Waals surface area (Å²) in [5, 5.41) is 3.66. The molecule has 21 heavy (non-hydrogen) atoms. The normalized spacial score (nSPS) is 31.0. The lowest BCUT2D eigenvalue weighted by Gasteiger charge is -2.33. The largest absolute Gasteiger partial charge is 0.338 e. The summed E-state index contributed by atoms with van der Waals surface area (Å²) in [5.41, 5.74) is 2.75. The predicted octanol–water partition coefficient (Wildman–Crippen LogP) is 2.49. The second-order valence-electron chi connectivity index (χ2n) is 7.01. The molecule has 2 unspecified atom stereocenters. The van der Waals surface area contributed by atoms with Crippen molar-refractivity contribution < 1.29 is 4.79 Å². The second-order valence-corrected chi connectivity index (χ2v) is 7.01. The van der Waals surface area contributed by atoms with Gasteiger partial charge in [0.1, 0.15) is 0 Å². The molecule has 0 aliphatic carbocycles. The van der Waals surface area contributed by atoms with Crippen LogP contribution >= 0.6 is 0 Å². The lowest BCUT2D eigenvalue weighted by Crippen LogP contribution is -2.41. The van der Waals surface area contributed by atoms with Crippen molar-refractivity contribution in [3.63, 3.8) is 0 Å². The van der Waals surface area contributed by atoms with E-state index in [1.165, 1.54) is 36.8 Å². The first kappa shape index (κ1) is 13.3. The van der Waals surface area contributed by atoms with Gasteiger partial charge in [0.15, 0.2) is 0 Å². The van der Waals surface area contributed by atoms with Crippen molar-refractivity contribution in [1.82, 2.24) is 10.2 Å². The first-order chi connectivity index (χ1) is 10.3. The van der Waals surface area contributed by atoms with Crippen molar-refractivity contribution in [2.75, 3.05) is 6.54 Å². The van der Waals surface area contributed by atoms with E-state index in [2.05, 4.69) is 34.5 Å². The molecular weight excluding hydrogens is 260 g/mol. The molecule has 4 rings (SSSR count). The monoisotopic (exact) mass is 284 g/mol. The van der Waals surface area contributed by atoms with Crippen molar-refractivity contribution >= 4 is 5.91 Å². The molecule has 1 aromatic carbocycles. The van der Waals surface area contributed by atoms with E-state index in [1.54, 1.807) is 0 Å². The number of nitrogens with one attached hydrogen (secondary N) is 1. The number of fused-ring (bicyclic) bond motifs is 3. The molecule has 0 radical (unpaired) electrons. The van der Waals surface area contributed by atoms with Crippen LogP contribution in [0.5, 0.6) is 0 Å². The van der Waals surface area contributed by atoms with Crippen LogP contribution < -0.4 is 5.32 Å². The van der Waals surface area contributed by atoms with Gasteiger partial charge in [-0.25, -0.2) is 0 Å². The highest BCUT2D eigenvalue weighted by atomic mass is 16.2. The zero-order valence-electron chi connectivity index (χ0n) is 12.6. The average molecular weight is 284 g/mol. The third kappa shape index (κ3) is 2.71. The van der Waals surface area contributed by atoms with Crippen LogP contribution in [0.2, 0.25) is 0 Å². The van der Waals surface area contributed by atoms with Crippen LogP contribution in [-0.2, 0) is 17.8 Å². The van der Waals surface area contributed by atoms with Crippen molar-refractivity contribution in [1.29, 1.82) is 0 Å². The molecule has 112 valence electrons. The molecule has 1 amide bonds. The van der Waals surface area contributed by atoms with Crippen LogP contribution in [0, 0.1) is 5.92 Å². The van der Waals surface area contributed by atoms with Gasteiger partial charge in [0.25, 0.3) is 0 Å². The van der Waals surface area contributed by atoms with Gasteiger partial charge < -0.3 is 10.2 Å². The smallest absolute Gasteiger partial charge is 0.223 e. The van der Waals surface area contributed by atoms with Gasteiger partial charge in [-0.2, -0.15) is 0 Å². The Morgan fingerprint density at radius 1 is 1.14 bits per heavy atom. The number of benzene rings is 1. The minimum absolute atomic E-state index is 0.371.